The summed E-state index contributed by atoms with van der Waals surface area (Å²) in [4.78, 5) is 27.7. The quantitative estimate of drug-likeness (QED) is 0.425. The number of amides is 2. The molecule has 164 valence electrons. The van der Waals surface area contributed by atoms with Crippen LogP contribution in [0, 0.1) is 0 Å². The first-order valence-electron chi connectivity index (χ1n) is 10.4. The lowest BCUT2D eigenvalue weighted by Gasteiger charge is -2.19. The molecule has 7 heteroatoms. The van der Waals surface area contributed by atoms with Crippen LogP contribution in [0.3, 0.4) is 0 Å². The number of aliphatic hydroxyl groups excluding tert-OH is 1. The average Bonchev–Trinajstić information content (AvgIpc) is 3.13. The number of benzene rings is 2. The Morgan fingerprint density at radius 1 is 1.13 bits per heavy atom. The molecule has 2 atom stereocenters. The summed E-state index contributed by atoms with van der Waals surface area (Å²) in [5.41, 5.74) is 2.55. The normalized spacial score (nSPS) is 13.1. The van der Waals surface area contributed by atoms with Crippen molar-refractivity contribution in [2.24, 2.45) is 0 Å². The van der Waals surface area contributed by atoms with Crippen LogP contribution in [0.2, 0.25) is 0 Å². The van der Waals surface area contributed by atoms with Gasteiger partial charge in [-0.15, -0.1) is 0 Å². The van der Waals surface area contributed by atoms with E-state index in [1.54, 1.807) is 18.2 Å². The monoisotopic (exact) mass is 423 g/mol. The number of carbonyl (C=O) groups is 2. The standard InChI is InChI=1S/C24H29N3O4/c1-15(2)31-19-8-6-7-17(11-19)23(29)14-26-24(30)22(27-16(3)28)12-18-13-25-21-10-5-4-9-20(18)21/h4-11,13,15,22-23,25,29H,12,14H2,1-3H3,(H,26,30)(H,27,28). The highest BCUT2D eigenvalue weighted by atomic mass is 16.5. The summed E-state index contributed by atoms with van der Waals surface area (Å²) in [6.07, 6.45) is 1.31. The van der Waals surface area contributed by atoms with E-state index in [-0.39, 0.29) is 24.5 Å². The minimum Gasteiger partial charge on any atom is -0.491 e. The number of nitrogens with one attached hydrogen (secondary N) is 3. The van der Waals surface area contributed by atoms with Gasteiger partial charge in [-0.1, -0.05) is 30.3 Å². The molecular weight excluding hydrogens is 394 g/mol. The van der Waals surface area contributed by atoms with E-state index in [1.165, 1.54) is 6.92 Å². The maximum atomic E-state index is 12.8. The number of H-pyrrole nitrogens is 1. The fourth-order valence-electron chi connectivity index (χ4n) is 3.48. The Morgan fingerprint density at radius 3 is 2.65 bits per heavy atom. The number of hydrogen-bond donors (Lipinski definition) is 4. The molecule has 31 heavy (non-hydrogen) atoms. The Hall–Kier alpha value is -3.32. The molecule has 2 amide bonds. The smallest absolute Gasteiger partial charge is 0.243 e. The first-order chi connectivity index (χ1) is 14.8. The van der Waals surface area contributed by atoms with Crippen LogP contribution in [0.1, 0.15) is 38.0 Å². The van der Waals surface area contributed by atoms with Crippen LogP contribution >= 0.6 is 0 Å². The Balaban J connectivity index is 1.66. The molecule has 0 aliphatic rings. The van der Waals surface area contributed by atoms with Gasteiger partial charge in [-0.05, 0) is 43.2 Å². The molecule has 1 heterocycles. The molecule has 3 rings (SSSR count). The fraction of sp³-hybridized carbons (Fsp3) is 0.333. The summed E-state index contributed by atoms with van der Waals surface area (Å²) in [7, 11) is 0. The second-order valence-corrected chi connectivity index (χ2v) is 7.82. The lowest BCUT2D eigenvalue weighted by molar-refractivity contribution is -0.128. The largest absolute Gasteiger partial charge is 0.491 e. The molecule has 7 nitrogen and oxygen atoms in total. The summed E-state index contributed by atoms with van der Waals surface area (Å²) in [5.74, 6) is 0.0153. The summed E-state index contributed by atoms with van der Waals surface area (Å²) in [6, 6.07) is 14.2. The van der Waals surface area contributed by atoms with E-state index in [4.69, 9.17) is 4.74 Å². The maximum absolute atomic E-state index is 12.8. The highest BCUT2D eigenvalue weighted by Crippen LogP contribution is 2.21. The molecule has 3 aromatic rings. The van der Waals surface area contributed by atoms with E-state index in [9.17, 15) is 14.7 Å². The molecule has 0 bridgehead atoms. The van der Waals surface area contributed by atoms with E-state index >= 15 is 0 Å². The summed E-state index contributed by atoms with van der Waals surface area (Å²) in [5, 5.41) is 17.0. The maximum Gasteiger partial charge on any atom is 0.243 e. The Labute approximate surface area is 181 Å². The van der Waals surface area contributed by atoms with Gasteiger partial charge in [-0.2, -0.15) is 0 Å². The fourth-order valence-corrected chi connectivity index (χ4v) is 3.48. The Kier molecular flexibility index (Phi) is 7.31. The van der Waals surface area contributed by atoms with Crippen LogP contribution < -0.4 is 15.4 Å². The second-order valence-electron chi connectivity index (χ2n) is 7.82. The van der Waals surface area contributed by atoms with Gasteiger partial charge in [0.05, 0.1) is 12.2 Å². The zero-order valence-electron chi connectivity index (χ0n) is 18.0. The highest BCUT2D eigenvalue weighted by molar-refractivity contribution is 5.89. The molecule has 0 spiro atoms. The minimum atomic E-state index is -0.897. The predicted molar refractivity (Wildman–Crippen MR) is 120 cm³/mol. The topological polar surface area (TPSA) is 103 Å². The van der Waals surface area contributed by atoms with Crippen LogP contribution in [-0.2, 0) is 16.0 Å². The van der Waals surface area contributed by atoms with Crippen LogP contribution in [0.25, 0.3) is 10.9 Å². The molecule has 0 saturated carbocycles. The number of aromatic nitrogens is 1. The number of hydrogen-bond acceptors (Lipinski definition) is 4. The van der Waals surface area contributed by atoms with Crippen molar-refractivity contribution in [3.63, 3.8) is 0 Å². The van der Waals surface area contributed by atoms with Crippen molar-refractivity contribution >= 4 is 22.7 Å². The molecule has 0 fully saturated rings. The van der Waals surface area contributed by atoms with Gasteiger partial charge in [-0.25, -0.2) is 0 Å². The van der Waals surface area contributed by atoms with Gasteiger partial charge in [0.25, 0.3) is 0 Å². The van der Waals surface area contributed by atoms with E-state index in [2.05, 4.69) is 15.6 Å². The molecule has 4 N–H and O–H groups in total. The van der Waals surface area contributed by atoms with Gasteiger partial charge in [0.2, 0.25) is 11.8 Å². The lowest BCUT2D eigenvalue weighted by Crippen LogP contribution is -2.48. The predicted octanol–water partition coefficient (Wildman–Crippen LogP) is 2.85. The number of fused-ring (bicyclic) bond motifs is 1. The van der Waals surface area contributed by atoms with Crippen molar-refractivity contribution in [2.75, 3.05) is 6.54 Å². The van der Waals surface area contributed by atoms with Crippen molar-refractivity contribution in [1.29, 1.82) is 0 Å². The van der Waals surface area contributed by atoms with Crippen molar-refractivity contribution in [3.05, 3.63) is 65.9 Å². The third-order valence-corrected chi connectivity index (χ3v) is 4.88. The first-order valence-corrected chi connectivity index (χ1v) is 10.4. The Morgan fingerprint density at radius 2 is 1.90 bits per heavy atom. The highest BCUT2D eigenvalue weighted by Gasteiger charge is 2.22. The number of rotatable bonds is 9. The third-order valence-electron chi connectivity index (χ3n) is 4.88. The van der Waals surface area contributed by atoms with E-state index in [1.807, 2.05) is 50.4 Å². The number of carbonyl (C=O) groups excluding carboxylic acids is 2. The Bertz CT molecular complexity index is 1040. The summed E-state index contributed by atoms with van der Waals surface area (Å²) >= 11 is 0. The average molecular weight is 424 g/mol. The van der Waals surface area contributed by atoms with E-state index < -0.39 is 12.1 Å². The molecule has 0 radical (unpaired) electrons. The molecule has 0 aliphatic heterocycles. The van der Waals surface area contributed by atoms with Crippen molar-refractivity contribution in [3.8, 4) is 5.75 Å². The zero-order chi connectivity index (χ0) is 22.4. The molecule has 0 saturated heterocycles. The van der Waals surface area contributed by atoms with E-state index in [0.717, 1.165) is 16.5 Å². The lowest BCUT2D eigenvalue weighted by atomic mass is 10.0. The summed E-state index contributed by atoms with van der Waals surface area (Å²) < 4.78 is 5.66. The number of para-hydroxylation sites is 1. The SMILES string of the molecule is CC(=O)NC(Cc1c[nH]c2ccccc12)C(=O)NCC(O)c1cccc(OC(C)C)c1. The molecule has 1 aromatic heterocycles. The number of aromatic amines is 1. The third kappa shape index (κ3) is 6.08. The van der Waals surface area contributed by atoms with Crippen LogP contribution in [0.15, 0.2) is 54.7 Å². The first kappa shape index (κ1) is 22.4. The van der Waals surface area contributed by atoms with Gasteiger partial charge >= 0.3 is 0 Å². The molecule has 2 unspecified atom stereocenters. The second kappa shape index (κ2) is 10.1. The van der Waals surface area contributed by atoms with Gasteiger partial charge in [0.1, 0.15) is 11.8 Å². The van der Waals surface area contributed by atoms with Crippen LogP contribution in [0.5, 0.6) is 5.75 Å². The minimum absolute atomic E-state index is 0.0218. The van der Waals surface area contributed by atoms with Gasteiger partial charge < -0.3 is 25.5 Å². The van der Waals surface area contributed by atoms with Gasteiger partial charge in [-0.3, -0.25) is 9.59 Å². The van der Waals surface area contributed by atoms with E-state index in [0.29, 0.717) is 17.7 Å². The number of aliphatic hydroxyl groups is 1. The number of ether oxygens (including phenoxy) is 1. The zero-order valence-corrected chi connectivity index (χ0v) is 18.0. The van der Waals surface area contributed by atoms with Crippen molar-refractivity contribution < 1.29 is 19.4 Å². The van der Waals surface area contributed by atoms with Gasteiger partial charge in [0, 0.05) is 37.0 Å². The molecular formula is C24H29N3O4. The van der Waals surface area contributed by atoms with Crippen molar-refractivity contribution in [1.82, 2.24) is 15.6 Å². The van der Waals surface area contributed by atoms with Crippen LogP contribution in [-0.4, -0.2) is 40.6 Å². The van der Waals surface area contributed by atoms with Crippen LogP contribution in [0.4, 0.5) is 0 Å². The molecule has 0 aliphatic carbocycles. The van der Waals surface area contributed by atoms with Gasteiger partial charge in [0.15, 0.2) is 0 Å². The van der Waals surface area contributed by atoms with Crippen molar-refractivity contribution in [2.45, 2.75) is 45.4 Å². The summed E-state index contributed by atoms with van der Waals surface area (Å²) in [6.45, 7) is 5.26. The molecule has 2 aromatic carbocycles.